The molecular formula is C10H17N. The molecule has 0 amide bonds. The smallest absolute Gasteiger partial charge is 0.0313 e. The summed E-state index contributed by atoms with van der Waals surface area (Å²) < 4.78 is 0. The first-order valence-electron chi connectivity index (χ1n) is 4.35. The van der Waals surface area contributed by atoms with Crippen LogP contribution in [0.2, 0.25) is 0 Å². The van der Waals surface area contributed by atoms with Gasteiger partial charge in [0.25, 0.3) is 0 Å². The minimum atomic E-state index is 0.338. The molecule has 11 heavy (non-hydrogen) atoms. The summed E-state index contributed by atoms with van der Waals surface area (Å²) in [7, 11) is 0. The van der Waals surface area contributed by atoms with E-state index in [1.807, 2.05) is 6.08 Å². The van der Waals surface area contributed by atoms with Crippen LogP contribution in [0.25, 0.3) is 0 Å². The van der Waals surface area contributed by atoms with E-state index in [4.69, 9.17) is 5.41 Å². The maximum atomic E-state index is 7.48. The van der Waals surface area contributed by atoms with E-state index in [9.17, 15) is 0 Å². The maximum Gasteiger partial charge on any atom is 0.0313 e. The number of allylic oxidation sites excluding steroid dienone is 2. The molecular weight excluding hydrogens is 134 g/mol. The molecule has 0 saturated heterocycles. The first-order chi connectivity index (χ1) is 5.08. The van der Waals surface area contributed by atoms with Crippen LogP contribution in [0.1, 0.15) is 33.6 Å². The maximum absolute atomic E-state index is 7.48. The van der Waals surface area contributed by atoms with E-state index in [2.05, 4.69) is 26.8 Å². The van der Waals surface area contributed by atoms with Crippen molar-refractivity contribution in [2.75, 3.05) is 0 Å². The lowest BCUT2D eigenvalue weighted by Crippen LogP contribution is -2.27. The predicted octanol–water partition coefficient (Wildman–Crippen LogP) is 3.02. The van der Waals surface area contributed by atoms with E-state index >= 15 is 0 Å². The lowest BCUT2D eigenvalue weighted by molar-refractivity contribution is 0.268. The van der Waals surface area contributed by atoms with Crippen LogP contribution in [0.3, 0.4) is 0 Å². The monoisotopic (exact) mass is 151 g/mol. The quantitative estimate of drug-likeness (QED) is 0.595. The molecule has 0 heterocycles. The Morgan fingerprint density at radius 1 is 1.73 bits per heavy atom. The van der Waals surface area contributed by atoms with Gasteiger partial charge in [-0.1, -0.05) is 26.8 Å². The molecule has 0 aromatic carbocycles. The summed E-state index contributed by atoms with van der Waals surface area (Å²) in [5, 5.41) is 7.48. The Bertz CT molecular complexity index is 193. The molecule has 0 saturated carbocycles. The molecule has 0 aromatic heterocycles. The van der Waals surface area contributed by atoms with Crippen molar-refractivity contribution >= 4 is 5.71 Å². The van der Waals surface area contributed by atoms with Gasteiger partial charge in [0.15, 0.2) is 0 Å². The van der Waals surface area contributed by atoms with Gasteiger partial charge in [-0.05, 0) is 30.3 Å². The Balaban J connectivity index is 2.83. The van der Waals surface area contributed by atoms with Crippen molar-refractivity contribution in [3.63, 3.8) is 0 Å². The zero-order valence-electron chi connectivity index (χ0n) is 7.65. The molecule has 1 heteroatoms. The number of rotatable bonds is 1. The topological polar surface area (TPSA) is 23.9 Å². The van der Waals surface area contributed by atoms with Crippen LogP contribution < -0.4 is 0 Å². The summed E-state index contributed by atoms with van der Waals surface area (Å²) in [5.74, 6) is 0.630. The summed E-state index contributed by atoms with van der Waals surface area (Å²) in [6.45, 7) is 6.73. The molecule has 0 aliphatic heterocycles. The van der Waals surface area contributed by atoms with Crippen LogP contribution in [0.4, 0.5) is 0 Å². The van der Waals surface area contributed by atoms with Crippen LogP contribution in [-0.2, 0) is 0 Å². The van der Waals surface area contributed by atoms with Gasteiger partial charge in [0, 0.05) is 5.71 Å². The van der Waals surface area contributed by atoms with E-state index in [-0.39, 0.29) is 0 Å². The Kier molecular flexibility index (Phi) is 2.17. The Hall–Kier alpha value is -0.590. The Labute approximate surface area is 69.0 Å². The van der Waals surface area contributed by atoms with Gasteiger partial charge in [-0.25, -0.2) is 0 Å². The van der Waals surface area contributed by atoms with Gasteiger partial charge in [-0.15, -0.1) is 0 Å². The van der Waals surface area contributed by atoms with E-state index in [1.165, 1.54) is 6.42 Å². The molecule has 1 rings (SSSR count). The molecule has 2 atom stereocenters. The van der Waals surface area contributed by atoms with Crippen LogP contribution in [0.5, 0.6) is 0 Å². The zero-order valence-corrected chi connectivity index (χ0v) is 7.65. The van der Waals surface area contributed by atoms with E-state index in [0.717, 1.165) is 12.1 Å². The number of nitrogens with one attached hydrogen (secondary N) is 1. The van der Waals surface area contributed by atoms with Gasteiger partial charge in [0.05, 0.1) is 0 Å². The van der Waals surface area contributed by atoms with E-state index in [0.29, 0.717) is 11.3 Å². The fourth-order valence-corrected chi connectivity index (χ4v) is 1.55. The van der Waals surface area contributed by atoms with Gasteiger partial charge in [-0.2, -0.15) is 0 Å². The molecule has 0 bridgehead atoms. The molecule has 2 unspecified atom stereocenters. The SMILES string of the molecule is CCC1(C)C=CC(=N)CC1C. The molecule has 0 fully saturated rings. The van der Waals surface area contributed by atoms with Gasteiger partial charge < -0.3 is 5.41 Å². The summed E-state index contributed by atoms with van der Waals surface area (Å²) >= 11 is 0. The fourth-order valence-electron chi connectivity index (χ4n) is 1.55. The second kappa shape index (κ2) is 2.80. The van der Waals surface area contributed by atoms with E-state index < -0.39 is 0 Å². The lowest BCUT2D eigenvalue weighted by Gasteiger charge is -2.34. The van der Waals surface area contributed by atoms with Crippen molar-refractivity contribution in [1.82, 2.24) is 0 Å². The molecule has 0 spiro atoms. The highest BCUT2D eigenvalue weighted by molar-refractivity contribution is 5.93. The Morgan fingerprint density at radius 3 is 2.82 bits per heavy atom. The van der Waals surface area contributed by atoms with Crippen molar-refractivity contribution < 1.29 is 0 Å². The molecule has 0 radical (unpaired) electrons. The average Bonchev–Trinajstić information content (AvgIpc) is 1.98. The second-order valence-electron chi connectivity index (χ2n) is 3.82. The average molecular weight is 151 g/mol. The summed E-state index contributed by atoms with van der Waals surface area (Å²) in [6.07, 6.45) is 6.28. The van der Waals surface area contributed by atoms with Crippen molar-refractivity contribution in [1.29, 1.82) is 5.41 Å². The first-order valence-corrected chi connectivity index (χ1v) is 4.35. The van der Waals surface area contributed by atoms with Crippen LogP contribution in [0.15, 0.2) is 12.2 Å². The third-order valence-corrected chi connectivity index (χ3v) is 3.08. The third kappa shape index (κ3) is 1.52. The van der Waals surface area contributed by atoms with Crippen LogP contribution >= 0.6 is 0 Å². The molecule has 0 aromatic rings. The van der Waals surface area contributed by atoms with Gasteiger partial charge >= 0.3 is 0 Å². The first kappa shape index (κ1) is 8.51. The van der Waals surface area contributed by atoms with Crippen LogP contribution in [0, 0.1) is 16.7 Å². The molecule has 1 N–H and O–H groups in total. The van der Waals surface area contributed by atoms with E-state index in [1.54, 1.807) is 0 Å². The number of hydrogen-bond acceptors (Lipinski definition) is 1. The predicted molar refractivity (Wildman–Crippen MR) is 49.0 cm³/mol. The molecule has 1 aliphatic rings. The molecule has 1 aliphatic carbocycles. The van der Waals surface area contributed by atoms with Crippen LogP contribution in [-0.4, -0.2) is 5.71 Å². The molecule has 62 valence electrons. The summed E-state index contributed by atoms with van der Waals surface area (Å²) in [6, 6.07) is 0. The normalized spacial score (nSPS) is 37.7. The lowest BCUT2D eigenvalue weighted by atomic mass is 9.70. The third-order valence-electron chi connectivity index (χ3n) is 3.08. The van der Waals surface area contributed by atoms with Gasteiger partial charge in [0.1, 0.15) is 0 Å². The van der Waals surface area contributed by atoms with Gasteiger partial charge in [0.2, 0.25) is 0 Å². The van der Waals surface area contributed by atoms with Crippen molar-refractivity contribution in [2.24, 2.45) is 11.3 Å². The number of hydrogen-bond donors (Lipinski definition) is 1. The van der Waals surface area contributed by atoms with Crippen molar-refractivity contribution in [3.8, 4) is 0 Å². The zero-order chi connectivity index (χ0) is 8.48. The highest BCUT2D eigenvalue weighted by Gasteiger charge is 2.29. The summed E-state index contributed by atoms with van der Waals surface area (Å²) in [5.41, 5.74) is 1.12. The minimum absolute atomic E-state index is 0.338. The molecule has 1 nitrogen and oxygen atoms in total. The highest BCUT2D eigenvalue weighted by Crippen LogP contribution is 2.37. The Morgan fingerprint density at radius 2 is 2.36 bits per heavy atom. The van der Waals surface area contributed by atoms with Crippen molar-refractivity contribution in [3.05, 3.63) is 12.2 Å². The largest absolute Gasteiger partial charge is 0.305 e. The van der Waals surface area contributed by atoms with Gasteiger partial charge in [-0.3, -0.25) is 0 Å². The standard InChI is InChI=1S/C10H17N/c1-4-10(3)6-5-9(11)7-8(10)2/h5-6,8,11H,4,7H2,1-3H3. The fraction of sp³-hybridized carbons (Fsp3) is 0.700. The van der Waals surface area contributed by atoms with Crippen molar-refractivity contribution in [2.45, 2.75) is 33.6 Å². The highest BCUT2D eigenvalue weighted by atomic mass is 14.4. The second-order valence-corrected chi connectivity index (χ2v) is 3.82. The minimum Gasteiger partial charge on any atom is -0.305 e. The summed E-state index contributed by atoms with van der Waals surface area (Å²) in [4.78, 5) is 0.